The Balaban J connectivity index is 0.000000114. The Hall–Kier alpha value is -6.99. The minimum atomic E-state index is 0.144. The number of nitrogens with zero attached hydrogens (tertiary/aromatic N) is 4. The number of hydrogen-bond donors (Lipinski definition) is 0. The van der Waals surface area contributed by atoms with Crippen molar-refractivity contribution in [1.82, 2.24) is 8.96 Å². The van der Waals surface area contributed by atoms with Crippen LogP contribution in [0.25, 0.3) is 85.4 Å². The maximum atomic E-state index is 2.58. The van der Waals surface area contributed by atoms with E-state index in [1.54, 1.807) is 0 Å². The molecule has 0 N–H and O–H groups in total. The van der Waals surface area contributed by atoms with E-state index < -0.39 is 0 Å². The fourth-order valence-electron chi connectivity index (χ4n) is 11.3. The highest BCUT2D eigenvalue weighted by Gasteiger charge is 2.48. The molecule has 0 spiro atoms. The van der Waals surface area contributed by atoms with Crippen molar-refractivity contribution < 1.29 is 0 Å². The van der Waals surface area contributed by atoms with Gasteiger partial charge in [0.15, 0.2) is 0 Å². The molecule has 4 nitrogen and oxygen atoms in total. The molecule has 0 radical (unpaired) electrons. The van der Waals surface area contributed by atoms with Crippen LogP contribution in [0.1, 0.15) is 0 Å². The topological polar surface area (TPSA) is 16.3 Å². The Labute approximate surface area is 353 Å². The van der Waals surface area contributed by atoms with E-state index in [9.17, 15) is 0 Å². The lowest BCUT2D eigenvalue weighted by Gasteiger charge is -2.33. The number of fused-ring (bicyclic) bond motifs is 26. The molecule has 60 heavy (non-hydrogen) atoms. The number of benzene rings is 8. The molecule has 8 heterocycles. The van der Waals surface area contributed by atoms with Crippen molar-refractivity contribution in [3.05, 3.63) is 182 Å². The van der Waals surface area contributed by atoms with Crippen molar-refractivity contribution in [2.75, 3.05) is 9.62 Å². The van der Waals surface area contributed by atoms with Crippen molar-refractivity contribution in [3.63, 3.8) is 0 Å². The highest BCUT2D eigenvalue weighted by molar-refractivity contribution is 7.30. The fourth-order valence-corrected chi connectivity index (χ4v) is 13.9. The zero-order valence-electron chi connectivity index (χ0n) is 32.1. The molecule has 4 aromatic heterocycles. The molecule has 0 saturated carbocycles. The number of anilines is 4. The van der Waals surface area contributed by atoms with Gasteiger partial charge in [0.1, 0.15) is 0 Å². The molecule has 4 aliphatic rings. The first-order valence-electron chi connectivity index (χ1n) is 20.7. The molecule has 0 amide bonds. The van der Waals surface area contributed by atoms with Crippen molar-refractivity contribution >= 4 is 133 Å². The summed E-state index contributed by atoms with van der Waals surface area (Å²) in [6, 6.07) is 66.8. The minimum Gasteiger partial charge on any atom is -0.359 e. The molecule has 8 heteroatoms. The van der Waals surface area contributed by atoms with Crippen LogP contribution in [-0.4, -0.2) is 22.9 Å². The Bertz CT molecular complexity index is 3850. The molecular formula is C52H30B2N4S2. The van der Waals surface area contributed by atoms with Crippen molar-refractivity contribution in [3.8, 4) is 21.6 Å². The number of rotatable bonds is 0. The molecule has 12 aromatic rings. The molecule has 4 aliphatic heterocycles. The second-order valence-corrected chi connectivity index (χ2v) is 18.5. The summed E-state index contributed by atoms with van der Waals surface area (Å²) in [7, 11) is 0. The summed E-state index contributed by atoms with van der Waals surface area (Å²) in [5.74, 6) is 0. The molecule has 0 unspecified atom stereocenters. The van der Waals surface area contributed by atoms with Crippen LogP contribution in [0.5, 0.6) is 0 Å². The summed E-state index contributed by atoms with van der Waals surface area (Å²) >= 11 is 3.87. The van der Waals surface area contributed by atoms with Gasteiger partial charge in [0.25, 0.3) is 0 Å². The van der Waals surface area contributed by atoms with Crippen molar-refractivity contribution in [1.29, 1.82) is 0 Å². The van der Waals surface area contributed by atoms with Crippen molar-refractivity contribution in [2.24, 2.45) is 0 Å². The van der Waals surface area contributed by atoms with E-state index in [4.69, 9.17) is 0 Å². The summed E-state index contributed by atoms with van der Waals surface area (Å²) in [5, 5.41) is 8.12. The Morgan fingerprint density at radius 3 is 1.50 bits per heavy atom. The third kappa shape index (κ3) is 3.81. The van der Waals surface area contributed by atoms with E-state index in [0.29, 0.717) is 0 Å². The van der Waals surface area contributed by atoms with E-state index >= 15 is 0 Å². The van der Waals surface area contributed by atoms with Crippen LogP contribution in [0.3, 0.4) is 0 Å². The first kappa shape index (κ1) is 31.9. The van der Waals surface area contributed by atoms with Gasteiger partial charge >= 0.3 is 14.0 Å². The van der Waals surface area contributed by atoms with Gasteiger partial charge in [-0.2, -0.15) is 0 Å². The third-order valence-electron chi connectivity index (χ3n) is 13.5. The van der Waals surface area contributed by atoms with Gasteiger partial charge in [0.05, 0.1) is 22.4 Å². The second kappa shape index (κ2) is 11.4. The zero-order chi connectivity index (χ0) is 38.8. The quantitative estimate of drug-likeness (QED) is 0.142. The highest BCUT2D eigenvalue weighted by atomic mass is 32.1. The van der Waals surface area contributed by atoms with E-state index in [0.717, 1.165) is 0 Å². The number of hydrogen-bond acceptors (Lipinski definition) is 4. The molecule has 16 rings (SSSR count). The van der Waals surface area contributed by atoms with E-state index in [1.165, 1.54) is 118 Å². The molecule has 0 bridgehead atoms. The average Bonchev–Trinajstić information content (AvgIpc) is 4.16. The van der Waals surface area contributed by atoms with Crippen LogP contribution >= 0.6 is 22.7 Å². The van der Waals surface area contributed by atoms with Gasteiger partial charge in [0, 0.05) is 79.7 Å². The molecule has 276 valence electrons. The summed E-state index contributed by atoms with van der Waals surface area (Å²) in [6.07, 6.45) is 0. The Kier molecular flexibility index (Phi) is 6.06. The smallest absolute Gasteiger partial charge is 0.359 e. The van der Waals surface area contributed by atoms with Gasteiger partial charge in [-0.05, 0) is 64.8 Å². The average molecular weight is 797 g/mol. The second-order valence-electron chi connectivity index (χ2n) is 16.3. The maximum absolute atomic E-state index is 2.58. The Morgan fingerprint density at radius 1 is 0.350 bits per heavy atom. The van der Waals surface area contributed by atoms with E-state index in [2.05, 4.69) is 201 Å². The van der Waals surface area contributed by atoms with Crippen LogP contribution in [0.4, 0.5) is 22.7 Å². The lowest BCUT2D eigenvalue weighted by Crippen LogP contribution is -2.51. The van der Waals surface area contributed by atoms with Gasteiger partial charge in [-0.1, -0.05) is 133 Å². The summed E-state index contributed by atoms with van der Waals surface area (Å²) < 4.78 is 9.32. The minimum absolute atomic E-state index is 0.144. The molecule has 0 fully saturated rings. The van der Waals surface area contributed by atoms with Crippen molar-refractivity contribution in [2.45, 2.75) is 0 Å². The SMILES string of the molecule is c1ccc2c(c1)-c1c(sc3ccccc13)B1N2c2cccc3c4ccccc4n1c23.c1ccc2c(c1)-c1sc3ccccc3c1B1N2c2cccc3c4ccccc4n1c23. The van der Waals surface area contributed by atoms with E-state index in [1.807, 2.05) is 22.7 Å². The molecule has 8 aromatic carbocycles. The zero-order valence-corrected chi connectivity index (χ0v) is 33.7. The summed E-state index contributed by atoms with van der Waals surface area (Å²) in [6.45, 7) is 0.304. The molecular weight excluding hydrogens is 766 g/mol. The van der Waals surface area contributed by atoms with Crippen LogP contribution in [-0.2, 0) is 0 Å². The lowest BCUT2D eigenvalue weighted by molar-refractivity contribution is 1.32. The van der Waals surface area contributed by atoms with Gasteiger partial charge in [-0.25, -0.2) is 0 Å². The predicted molar refractivity (Wildman–Crippen MR) is 259 cm³/mol. The van der Waals surface area contributed by atoms with Gasteiger partial charge in [-0.3, -0.25) is 0 Å². The summed E-state index contributed by atoms with van der Waals surface area (Å²) in [5.41, 5.74) is 16.1. The molecule has 0 atom stereocenters. The highest BCUT2D eigenvalue weighted by Crippen LogP contribution is 2.53. The van der Waals surface area contributed by atoms with E-state index in [-0.39, 0.29) is 14.0 Å². The monoisotopic (exact) mass is 796 g/mol. The maximum Gasteiger partial charge on any atom is 0.432 e. The first-order valence-corrected chi connectivity index (χ1v) is 22.3. The standard InChI is InChI=1S/2C26H15BN2S/c1-4-12-20-16(8-1)17-11-7-14-22-25(17)29(20)27-24-19-10-3-6-15-23(19)30-26(24)18-9-2-5-13-21(18)28(22)27;1-4-12-20-16(8-1)17-11-7-14-22-25(17)29(20)27-26-24(19-10-3-6-15-23(19)30-26)18-9-2-5-13-21(18)28(22)27/h2*1-15H. The lowest BCUT2D eigenvalue weighted by atomic mass is 9.61. The van der Waals surface area contributed by atoms with Crippen LogP contribution in [0, 0.1) is 0 Å². The third-order valence-corrected chi connectivity index (χ3v) is 15.9. The van der Waals surface area contributed by atoms with Gasteiger partial charge in [0.2, 0.25) is 0 Å². The number of thiophene rings is 2. The summed E-state index contributed by atoms with van der Waals surface area (Å²) in [4.78, 5) is 6.53. The predicted octanol–water partition coefficient (Wildman–Crippen LogP) is 12.8. The van der Waals surface area contributed by atoms with Gasteiger partial charge in [-0.15, -0.1) is 22.7 Å². The number of aromatic nitrogens is 2. The Morgan fingerprint density at radius 2 is 0.817 bits per heavy atom. The largest absolute Gasteiger partial charge is 0.432 e. The molecule has 0 aliphatic carbocycles. The fraction of sp³-hybridized carbons (Fsp3) is 0. The number of para-hydroxylation sites is 6. The van der Waals surface area contributed by atoms with Gasteiger partial charge < -0.3 is 18.6 Å². The first-order chi connectivity index (χ1) is 29.8. The van der Waals surface area contributed by atoms with Crippen LogP contribution < -0.4 is 19.9 Å². The van der Waals surface area contributed by atoms with Crippen LogP contribution in [0.2, 0.25) is 0 Å². The van der Waals surface area contributed by atoms with Crippen LogP contribution in [0.15, 0.2) is 182 Å². The normalized spacial score (nSPS) is 13.9. The molecule has 0 saturated heterocycles.